The highest BCUT2D eigenvalue weighted by Gasteiger charge is 2.53. The van der Waals surface area contributed by atoms with Crippen LogP contribution in [0.5, 0.6) is 0 Å². The van der Waals surface area contributed by atoms with Crippen LogP contribution in [0.4, 0.5) is 34.1 Å². The number of para-hydroxylation sites is 5. The summed E-state index contributed by atoms with van der Waals surface area (Å²) in [6, 6.07) is 57.0. The Labute approximate surface area is 268 Å². The zero-order valence-electron chi connectivity index (χ0n) is 25.0. The average molecular weight is 587 g/mol. The lowest BCUT2D eigenvalue weighted by Gasteiger charge is -2.32. The molecule has 46 heavy (non-hydrogen) atoms. The summed E-state index contributed by atoms with van der Waals surface area (Å²) in [7, 11) is -0.103. The molecule has 0 saturated carbocycles. The highest BCUT2D eigenvalue weighted by molar-refractivity contribution is 6.80. The van der Waals surface area contributed by atoms with E-state index in [1.807, 2.05) is 12.3 Å². The van der Waals surface area contributed by atoms with Gasteiger partial charge in [0.05, 0.1) is 28.4 Å². The van der Waals surface area contributed by atoms with E-state index in [0.29, 0.717) is 0 Å². The van der Waals surface area contributed by atoms with E-state index in [2.05, 4.69) is 166 Å². The highest BCUT2D eigenvalue weighted by Crippen LogP contribution is 2.56. The maximum absolute atomic E-state index is 4.95. The second-order valence-corrected chi connectivity index (χ2v) is 12.0. The maximum Gasteiger partial charge on any atom is 0.519 e. The number of rotatable bonds is 2. The van der Waals surface area contributed by atoms with Crippen molar-refractivity contribution in [1.82, 2.24) is 4.98 Å². The van der Waals surface area contributed by atoms with Crippen LogP contribution in [0.2, 0.25) is 0 Å². The van der Waals surface area contributed by atoms with E-state index < -0.39 is 0 Å². The number of nitrogens with zero attached hydrogens (tertiary/aromatic N) is 4. The molecule has 1 aromatic heterocycles. The molecule has 0 saturated heterocycles. The topological polar surface area (TPSA) is 22.6 Å². The quantitative estimate of drug-likeness (QED) is 0.188. The number of fused-ring (bicyclic) bond motifs is 13. The first-order valence-corrected chi connectivity index (χ1v) is 15.8. The van der Waals surface area contributed by atoms with E-state index >= 15 is 0 Å². The fraction of sp³-hybridized carbons (Fsp3) is 0. The Hall–Kier alpha value is -6.07. The van der Waals surface area contributed by atoms with Gasteiger partial charge in [-0.2, -0.15) is 0 Å². The van der Waals surface area contributed by atoms with Crippen LogP contribution >= 0.6 is 0 Å². The lowest BCUT2D eigenvalue weighted by atomic mass is 9.81. The van der Waals surface area contributed by atoms with Crippen LogP contribution in [0.25, 0.3) is 44.6 Å². The van der Waals surface area contributed by atoms with Gasteiger partial charge in [-0.05, 0) is 82.4 Å². The second-order valence-electron chi connectivity index (χ2n) is 12.0. The summed E-state index contributed by atoms with van der Waals surface area (Å²) in [5, 5.41) is 0. The largest absolute Gasteiger partial charge is 0.519 e. The van der Waals surface area contributed by atoms with Crippen molar-refractivity contribution in [3.05, 3.63) is 164 Å². The van der Waals surface area contributed by atoms with Crippen LogP contribution < -0.4 is 14.4 Å². The lowest BCUT2D eigenvalue weighted by molar-refractivity contribution is 1.31. The Kier molecular flexibility index (Phi) is 5.34. The van der Waals surface area contributed by atoms with Crippen LogP contribution in [-0.2, 0) is 0 Å². The molecule has 2 aliphatic heterocycles. The van der Waals surface area contributed by atoms with Gasteiger partial charge in [0, 0.05) is 28.7 Å². The zero-order chi connectivity index (χ0) is 30.2. The molecule has 0 atom stereocenters. The highest BCUT2D eigenvalue weighted by atomic mass is 15.4. The third-order valence-corrected chi connectivity index (χ3v) is 9.60. The molecule has 0 N–H and O–H groups in total. The van der Waals surface area contributed by atoms with Gasteiger partial charge in [0.15, 0.2) is 0 Å². The Bertz CT molecular complexity index is 2300. The first-order valence-electron chi connectivity index (χ1n) is 15.8. The molecule has 0 bridgehead atoms. The Morgan fingerprint density at radius 3 is 1.50 bits per heavy atom. The SMILES string of the molecule is c1ccc(N2B3N(c4ccc5c(c4)-c4ccccc4-c4ncccc4-c4ccccc4-5)c4ccccc4N3c3ccccc32)cc1. The maximum atomic E-state index is 4.95. The number of aromatic nitrogens is 1. The minimum atomic E-state index is -0.103. The first-order chi connectivity index (χ1) is 22.9. The van der Waals surface area contributed by atoms with Crippen molar-refractivity contribution >= 4 is 41.2 Å². The summed E-state index contributed by atoms with van der Waals surface area (Å²) in [6.45, 7) is 0. The molecule has 5 heteroatoms. The Balaban J connectivity index is 1.24. The summed E-state index contributed by atoms with van der Waals surface area (Å²) in [5.41, 5.74) is 16.5. The normalized spacial score (nSPS) is 13.5. The summed E-state index contributed by atoms with van der Waals surface area (Å²) in [6.07, 6.45) is 1.91. The molecular weight excluding hydrogens is 559 g/mol. The van der Waals surface area contributed by atoms with E-state index in [-0.39, 0.29) is 7.12 Å². The molecule has 0 unspecified atom stereocenters. The van der Waals surface area contributed by atoms with Gasteiger partial charge in [-0.3, -0.25) is 4.98 Å². The minimum absolute atomic E-state index is 0.103. The predicted octanol–water partition coefficient (Wildman–Crippen LogP) is 10.5. The van der Waals surface area contributed by atoms with Gasteiger partial charge in [-0.1, -0.05) is 103 Å². The molecule has 0 radical (unpaired) electrons. The summed E-state index contributed by atoms with van der Waals surface area (Å²) >= 11 is 0. The van der Waals surface area contributed by atoms with E-state index in [9.17, 15) is 0 Å². The van der Waals surface area contributed by atoms with Crippen LogP contribution in [0.3, 0.4) is 0 Å². The number of anilines is 6. The van der Waals surface area contributed by atoms with E-state index in [1.54, 1.807) is 0 Å². The van der Waals surface area contributed by atoms with Gasteiger partial charge >= 0.3 is 7.12 Å². The number of pyridine rings is 1. The Morgan fingerprint density at radius 1 is 0.348 bits per heavy atom. The minimum Gasteiger partial charge on any atom is -0.344 e. The van der Waals surface area contributed by atoms with Gasteiger partial charge in [-0.25, -0.2) is 0 Å². The zero-order valence-corrected chi connectivity index (χ0v) is 25.0. The fourth-order valence-electron chi connectivity index (χ4n) is 7.70. The van der Waals surface area contributed by atoms with Crippen LogP contribution in [0, 0.1) is 0 Å². The summed E-state index contributed by atoms with van der Waals surface area (Å²) in [4.78, 5) is 12.4. The molecule has 214 valence electrons. The van der Waals surface area contributed by atoms with Crippen molar-refractivity contribution in [3.8, 4) is 44.6 Å². The lowest BCUT2D eigenvalue weighted by Crippen LogP contribution is -2.51. The summed E-state index contributed by atoms with van der Waals surface area (Å²) < 4.78 is 0. The molecule has 0 spiro atoms. The number of hydrogen-bond acceptors (Lipinski definition) is 4. The third-order valence-electron chi connectivity index (χ3n) is 9.60. The molecule has 3 aliphatic rings. The molecular formula is C41H27BN4. The van der Waals surface area contributed by atoms with Crippen molar-refractivity contribution in [2.24, 2.45) is 0 Å². The van der Waals surface area contributed by atoms with E-state index in [4.69, 9.17) is 4.98 Å². The van der Waals surface area contributed by atoms with Crippen LogP contribution in [-0.4, -0.2) is 12.1 Å². The van der Waals surface area contributed by atoms with Crippen LogP contribution in [0.15, 0.2) is 164 Å². The van der Waals surface area contributed by atoms with Crippen molar-refractivity contribution in [3.63, 3.8) is 0 Å². The second kappa shape index (κ2) is 9.72. The van der Waals surface area contributed by atoms with Gasteiger partial charge in [0.1, 0.15) is 0 Å². The van der Waals surface area contributed by atoms with Crippen LogP contribution in [0.1, 0.15) is 0 Å². The molecule has 6 aromatic carbocycles. The van der Waals surface area contributed by atoms with Crippen molar-refractivity contribution < 1.29 is 0 Å². The molecule has 3 heterocycles. The van der Waals surface area contributed by atoms with Gasteiger partial charge in [0.25, 0.3) is 0 Å². The number of benzene rings is 6. The average Bonchev–Trinajstić information content (AvgIpc) is 3.64. The molecule has 4 nitrogen and oxygen atoms in total. The van der Waals surface area contributed by atoms with Gasteiger partial charge in [0.2, 0.25) is 0 Å². The van der Waals surface area contributed by atoms with Crippen molar-refractivity contribution in [2.75, 3.05) is 14.4 Å². The predicted molar refractivity (Wildman–Crippen MR) is 191 cm³/mol. The molecule has 10 rings (SSSR count). The first kappa shape index (κ1) is 25.3. The molecule has 1 aliphatic carbocycles. The van der Waals surface area contributed by atoms with E-state index in [0.717, 1.165) is 28.2 Å². The smallest absolute Gasteiger partial charge is 0.344 e. The molecule has 0 amide bonds. The van der Waals surface area contributed by atoms with Crippen molar-refractivity contribution in [1.29, 1.82) is 0 Å². The Morgan fingerprint density at radius 2 is 0.826 bits per heavy atom. The third kappa shape index (κ3) is 3.48. The summed E-state index contributed by atoms with van der Waals surface area (Å²) in [5.74, 6) is 0. The van der Waals surface area contributed by atoms with Gasteiger partial charge in [-0.15, -0.1) is 0 Å². The molecule has 7 aromatic rings. The van der Waals surface area contributed by atoms with Crippen molar-refractivity contribution in [2.45, 2.75) is 0 Å². The van der Waals surface area contributed by atoms with Gasteiger partial charge < -0.3 is 14.4 Å². The standard InChI is InChI=1S/C41H27BN4/c1-2-13-28(14-3-1)44-37-20-8-10-22-39(37)46-40-23-11-9-21-38(40)45(42(44)46)29-24-25-33-30-15-4-5-16-31(30)35-19-12-26-43-41(35)34-18-7-6-17-32(34)36(33)27-29/h1-27H. The molecule has 0 fully saturated rings. The fourth-order valence-corrected chi connectivity index (χ4v) is 7.70. The number of hydrogen-bond donors (Lipinski definition) is 0. The van der Waals surface area contributed by atoms with E-state index in [1.165, 1.54) is 50.6 Å². The monoisotopic (exact) mass is 586 g/mol.